The third-order valence-electron chi connectivity index (χ3n) is 3.62. The summed E-state index contributed by atoms with van der Waals surface area (Å²) < 4.78 is 5.49. The van der Waals surface area contributed by atoms with Crippen molar-refractivity contribution in [3.63, 3.8) is 0 Å². The molecule has 0 amide bonds. The van der Waals surface area contributed by atoms with Crippen molar-refractivity contribution in [1.82, 2.24) is 0 Å². The third kappa shape index (κ3) is 2.14. The summed E-state index contributed by atoms with van der Waals surface area (Å²) in [5.41, 5.74) is 3.87. The zero-order valence-electron chi connectivity index (χ0n) is 10.9. The van der Waals surface area contributed by atoms with E-state index in [2.05, 4.69) is 0 Å². The van der Waals surface area contributed by atoms with Gasteiger partial charge in [0.2, 0.25) is 0 Å². The largest absolute Gasteiger partial charge is 0.458 e. The summed E-state index contributed by atoms with van der Waals surface area (Å²) in [7, 11) is 0. The van der Waals surface area contributed by atoms with Crippen molar-refractivity contribution < 1.29 is 9.53 Å². The van der Waals surface area contributed by atoms with Gasteiger partial charge in [-0.2, -0.15) is 0 Å². The molecular weight excluding hydrogens is 236 g/mol. The summed E-state index contributed by atoms with van der Waals surface area (Å²) in [6, 6.07) is 16.0. The maximum absolute atomic E-state index is 12.2. The van der Waals surface area contributed by atoms with Crippen LogP contribution in [0.15, 0.2) is 48.5 Å². The number of hydrogen-bond acceptors (Lipinski definition) is 2. The van der Waals surface area contributed by atoms with Gasteiger partial charge < -0.3 is 4.74 Å². The van der Waals surface area contributed by atoms with Crippen molar-refractivity contribution in [1.29, 1.82) is 0 Å². The zero-order chi connectivity index (χ0) is 13.2. The number of fused-ring (bicyclic) bond motifs is 1. The van der Waals surface area contributed by atoms with E-state index < -0.39 is 0 Å². The smallest absolute Gasteiger partial charge is 0.339 e. The number of carbonyl (C=O) groups excluding carboxylic acids is 1. The fourth-order valence-electron chi connectivity index (χ4n) is 2.59. The fourth-order valence-corrected chi connectivity index (χ4v) is 2.59. The molecule has 1 aliphatic heterocycles. The molecule has 1 unspecified atom stereocenters. The molecule has 1 heterocycles. The molecule has 1 atom stereocenters. The second-order valence-corrected chi connectivity index (χ2v) is 4.85. The van der Waals surface area contributed by atoms with Crippen LogP contribution in [0.3, 0.4) is 0 Å². The van der Waals surface area contributed by atoms with Gasteiger partial charge in [-0.15, -0.1) is 0 Å². The Bertz CT molecular complexity index is 602. The van der Waals surface area contributed by atoms with E-state index >= 15 is 0 Å². The number of esters is 1. The Hall–Kier alpha value is -2.09. The van der Waals surface area contributed by atoms with Crippen molar-refractivity contribution in [2.75, 3.05) is 0 Å². The Balaban J connectivity index is 2.12. The quantitative estimate of drug-likeness (QED) is 0.759. The Morgan fingerprint density at radius 2 is 1.89 bits per heavy atom. The molecule has 96 valence electrons. The molecule has 0 aliphatic carbocycles. The average Bonchev–Trinajstić information content (AvgIpc) is 2.47. The fraction of sp³-hybridized carbons (Fsp3) is 0.235. The van der Waals surface area contributed by atoms with E-state index in [0.29, 0.717) is 0 Å². The van der Waals surface area contributed by atoms with Gasteiger partial charge >= 0.3 is 5.97 Å². The van der Waals surface area contributed by atoms with Gasteiger partial charge in [-0.3, -0.25) is 0 Å². The Kier molecular flexibility index (Phi) is 3.08. The van der Waals surface area contributed by atoms with Gasteiger partial charge in [0.05, 0.1) is 5.56 Å². The van der Waals surface area contributed by atoms with Gasteiger partial charge in [0, 0.05) is 6.42 Å². The molecule has 0 radical (unpaired) electrons. The molecule has 1 aliphatic rings. The van der Waals surface area contributed by atoms with Crippen molar-refractivity contribution in [3.05, 3.63) is 59.7 Å². The van der Waals surface area contributed by atoms with Crippen LogP contribution in [-0.4, -0.2) is 12.1 Å². The highest BCUT2D eigenvalue weighted by Crippen LogP contribution is 2.31. The number of ether oxygens (including phenoxy) is 1. The molecule has 19 heavy (non-hydrogen) atoms. The highest BCUT2D eigenvalue weighted by Gasteiger charge is 2.27. The van der Waals surface area contributed by atoms with Gasteiger partial charge in [0.15, 0.2) is 0 Å². The van der Waals surface area contributed by atoms with Crippen LogP contribution in [0.1, 0.15) is 29.3 Å². The molecule has 0 saturated heterocycles. The van der Waals surface area contributed by atoms with Crippen molar-refractivity contribution in [3.8, 4) is 11.1 Å². The third-order valence-corrected chi connectivity index (χ3v) is 3.62. The molecule has 0 aromatic heterocycles. The van der Waals surface area contributed by atoms with Gasteiger partial charge in [-0.05, 0) is 23.1 Å². The second-order valence-electron chi connectivity index (χ2n) is 4.85. The SMILES string of the molecule is CCC1Cc2cccc(-c3ccccc3)c2C(=O)O1. The van der Waals surface area contributed by atoms with Crippen LogP contribution in [0.25, 0.3) is 11.1 Å². The monoisotopic (exact) mass is 252 g/mol. The standard InChI is InChI=1S/C17H16O2/c1-2-14-11-13-9-6-10-15(16(13)17(18)19-14)12-7-4-3-5-8-12/h3-10,14H,2,11H2,1H3. The minimum atomic E-state index is -0.187. The van der Waals surface area contributed by atoms with Gasteiger partial charge in [0.1, 0.15) is 6.10 Å². The summed E-state index contributed by atoms with van der Waals surface area (Å²) in [5, 5.41) is 0. The first-order valence-corrected chi connectivity index (χ1v) is 6.68. The Morgan fingerprint density at radius 3 is 2.63 bits per heavy atom. The van der Waals surface area contributed by atoms with E-state index in [1.54, 1.807) is 0 Å². The molecule has 0 saturated carbocycles. The number of hydrogen-bond donors (Lipinski definition) is 0. The second kappa shape index (κ2) is 4.88. The number of carbonyl (C=O) groups is 1. The van der Waals surface area contributed by atoms with Gasteiger partial charge in [-0.25, -0.2) is 4.79 Å². The Labute approximate surface area is 113 Å². The average molecular weight is 252 g/mol. The van der Waals surface area contributed by atoms with Crippen LogP contribution in [0, 0.1) is 0 Å². The lowest BCUT2D eigenvalue weighted by molar-refractivity contribution is 0.0251. The maximum atomic E-state index is 12.2. The molecule has 2 heteroatoms. The predicted octanol–water partition coefficient (Wildman–Crippen LogP) is 3.85. The van der Waals surface area contributed by atoms with Crippen LogP contribution >= 0.6 is 0 Å². The van der Waals surface area contributed by atoms with Crippen molar-refractivity contribution in [2.45, 2.75) is 25.9 Å². The topological polar surface area (TPSA) is 26.3 Å². The Morgan fingerprint density at radius 1 is 1.11 bits per heavy atom. The first-order valence-electron chi connectivity index (χ1n) is 6.68. The number of rotatable bonds is 2. The normalized spacial score (nSPS) is 17.7. The van der Waals surface area contributed by atoms with E-state index in [1.807, 2.05) is 55.5 Å². The molecule has 2 aromatic carbocycles. The van der Waals surface area contributed by atoms with Crippen LogP contribution < -0.4 is 0 Å². The highest BCUT2D eigenvalue weighted by molar-refractivity contribution is 5.99. The first kappa shape index (κ1) is 12.0. The van der Waals surface area contributed by atoms with Crippen LogP contribution in [0.4, 0.5) is 0 Å². The summed E-state index contributed by atoms with van der Waals surface area (Å²) in [5.74, 6) is -0.187. The summed E-state index contributed by atoms with van der Waals surface area (Å²) in [4.78, 5) is 12.2. The predicted molar refractivity (Wildman–Crippen MR) is 75.1 cm³/mol. The molecule has 2 aromatic rings. The minimum absolute atomic E-state index is 0.0195. The lowest BCUT2D eigenvalue weighted by Crippen LogP contribution is -2.27. The van der Waals surface area contributed by atoms with Crippen LogP contribution in [0.5, 0.6) is 0 Å². The zero-order valence-corrected chi connectivity index (χ0v) is 10.9. The van der Waals surface area contributed by atoms with Crippen molar-refractivity contribution >= 4 is 5.97 Å². The van der Waals surface area contributed by atoms with Crippen molar-refractivity contribution in [2.24, 2.45) is 0 Å². The maximum Gasteiger partial charge on any atom is 0.339 e. The summed E-state index contributed by atoms with van der Waals surface area (Å²) in [6.45, 7) is 2.05. The van der Waals surface area contributed by atoms with Crippen LogP contribution in [-0.2, 0) is 11.2 Å². The molecule has 0 fully saturated rings. The lowest BCUT2D eigenvalue weighted by Gasteiger charge is -2.25. The number of cyclic esters (lactones) is 1. The van der Waals surface area contributed by atoms with Gasteiger partial charge in [0.25, 0.3) is 0 Å². The van der Waals surface area contributed by atoms with E-state index in [9.17, 15) is 4.79 Å². The lowest BCUT2D eigenvalue weighted by atomic mass is 9.90. The number of benzene rings is 2. The molecule has 0 bridgehead atoms. The molecule has 0 N–H and O–H groups in total. The molecular formula is C17H16O2. The molecule has 3 rings (SSSR count). The minimum Gasteiger partial charge on any atom is -0.458 e. The van der Waals surface area contributed by atoms with E-state index in [4.69, 9.17) is 4.74 Å². The van der Waals surface area contributed by atoms with E-state index in [0.717, 1.165) is 35.1 Å². The highest BCUT2D eigenvalue weighted by atomic mass is 16.5. The summed E-state index contributed by atoms with van der Waals surface area (Å²) >= 11 is 0. The van der Waals surface area contributed by atoms with Gasteiger partial charge in [-0.1, -0.05) is 55.5 Å². The molecule has 2 nitrogen and oxygen atoms in total. The van der Waals surface area contributed by atoms with Crippen LogP contribution in [0.2, 0.25) is 0 Å². The summed E-state index contributed by atoms with van der Waals surface area (Å²) in [6.07, 6.45) is 1.70. The molecule has 0 spiro atoms. The van der Waals surface area contributed by atoms with E-state index in [-0.39, 0.29) is 12.1 Å². The van der Waals surface area contributed by atoms with E-state index in [1.165, 1.54) is 0 Å². The first-order chi connectivity index (χ1) is 9.29.